The Labute approximate surface area is 119 Å². The first-order valence-electron chi connectivity index (χ1n) is 7.16. The molecule has 0 amide bonds. The van der Waals surface area contributed by atoms with E-state index >= 15 is 0 Å². The standard InChI is InChI=1S/C16H22O4/c1-4-19-16(18)13-8-9-20-15-11(10(2)3)6-5-7-12(15)14(13)17/h5-7,10,13-14,17H,4,8-9H2,1-3H3. The Bertz CT molecular complexity index is 481. The molecule has 0 fully saturated rings. The Hall–Kier alpha value is -1.55. The van der Waals surface area contributed by atoms with Crippen LogP contribution in [0.3, 0.4) is 0 Å². The molecule has 4 heteroatoms. The van der Waals surface area contributed by atoms with Crippen LogP contribution in [0.4, 0.5) is 0 Å². The predicted molar refractivity (Wildman–Crippen MR) is 75.7 cm³/mol. The van der Waals surface area contributed by atoms with Crippen molar-refractivity contribution in [3.8, 4) is 5.75 Å². The topological polar surface area (TPSA) is 55.8 Å². The lowest BCUT2D eigenvalue weighted by Crippen LogP contribution is -2.24. The molecule has 2 rings (SSSR count). The summed E-state index contributed by atoms with van der Waals surface area (Å²) in [6.45, 7) is 6.67. The van der Waals surface area contributed by atoms with Crippen molar-refractivity contribution < 1.29 is 19.4 Å². The lowest BCUT2D eigenvalue weighted by molar-refractivity contribution is -0.152. The third kappa shape index (κ3) is 2.80. The van der Waals surface area contributed by atoms with Gasteiger partial charge in [-0.15, -0.1) is 0 Å². The van der Waals surface area contributed by atoms with E-state index in [1.165, 1.54) is 0 Å². The molecule has 2 atom stereocenters. The molecule has 1 N–H and O–H groups in total. The molecule has 2 unspecified atom stereocenters. The van der Waals surface area contributed by atoms with E-state index in [-0.39, 0.29) is 5.97 Å². The van der Waals surface area contributed by atoms with Gasteiger partial charge < -0.3 is 14.6 Å². The third-order valence-electron chi connectivity index (χ3n) is 3.66. The molecule has 0 saturated carbocycles. The molecule has 4 nitrogen and oxygen atoms in total. The van der Waals surface area contributed by atoms with Gasteiger partial charge in [-0.1, -0.05) is 32.0 Å². The summed E-state index contributed by atoms with van der Waals surface area (Å²) in [4.78, 5) is 12.0. The number of aliphatic hydroxyl groups excluding tert-OH is 1. The number of hydrogen-bond acceptors (Lipinski definition) is 4. The van der Waals surface area contributed by atoms with Crippen LogP contribution in [0.1, 0.15) is 50.3 Å². The highest BCUT2D eigenvalue weighted by Crippen LogP contribution is 2.40. The molecule has 1 aliphatic heterocycles. The number of rotatable bonds is 3. The van der Waals surface area contributed by atoms with Crippen LogP contribution < -0.4 is 4.74 Å². The number of ether oxygens (including phenoxy) is 2. The van der Waals surface area contributed by atoms with E-state index < -0.39 is 12.0 Å². The second-order valence-electron chi connectivity index (χ2n) is 5.36. The summed E-state index contributed by atoms with van der Waals surface area (Å²) in [7, 11) is 0. The highest BCUT2D eigenvalue weighted by atomic mass is 16.5. The second kappa shape index (κ2) is 6.27. The molecular formula is C16H22O4. The number of aliphatic hydroxyl groups is 1. The fraction of sp³-hybridized carbons (Fsp3) is 0.562. The summed E-state index contributed by atoms with van der Waals surface area (Å²) in [6, 6.07) is 5.72. The van der Waals surface area contributed by atoms with Gasteiger partial charge in [0.1, 0.15) is 5.75 Å². The third-order valence-corrected chi connectivity index (χ3v) is 3.66. The van der Waals surface area contributed by atoms with Crippen molar-refractivity contribution in [1.82, 2.24) is 0 Å². The maximum atomic E-state index is 12.0. The Balaban J connectivity index is 2.37. The van der Waals surface area contributed by atoms with Gasteiger partial charge in [-0.05, 0) is 24.8 Å². The second-order valence-corrected chi connectivity index (χ2v) is 5.36. The van der Waals surface area contributed by atoms with Gasteiger partial charge >= 0.3 is 5.97 Å². The van der Waals surface area contributed by atoms with Crippen LogP contribution in [-0.2, 0) is 9.53 Å². The molecular weight excluding hydrogens is 256 g/mol. The molecule has 0 saturated heterocycles. The minimum Gasteiger partial charge on any atom is -0.493 e. The van der Waals surface area contributed by atoms with Crippen LogP contribution in [-0.4, -0.2) is 24.3 Å². The first kappa shape index (κ1) is 14.9. The summed E-state index contributed by atoms with van der Waals surface area (Å²) in [5.41, 5.74) is 1.75. The first-order chi connectivity index (χ1) is 9.56. The van der Waals surface area contributed by atoms with Gasteiger partial charge in [-0.3, -0.25) is 4.79 Å². The highest BCUT2D eigenvalue weighted by Gasteiger charge is 2.34. The number of hydrogen-bond donors (Lipinski definition) is 1. The largest absolute Gasteiger partial charge is 0.493 e. The molecule has 110 valence electrons. The van der Waals surface area contributed by atoms with E-state index in [9.17, 15) is 9.90 Å². The van der Waals surface area contributed by atoms with Gasteiger partial charge in [0.2, 0.25) is 0 Å². The zero-order valence-electron chi connectivity index (χ0n) is 12.3. The lowest BCUT2D eigenvalue weighted by Gasteiger charge is -2.20. The van der Waals surface area contributed by atoms with Crippen LogP contribution in [0.25, 0.3) is 0 Å². The van der Waals surface area contributed by atoms with Gasteiger partial charge in [0.05, 0.1) is 25.2 Å². The molecule has 1 heterocycles. The summed E-state index contributed by atoms with van der Waals surface area (Å²) >= 11 is 0. The highest BCUT2D eigenvalue weighted by molar-refractivity contribution is 5.74. The molecule has 0 aliphatic carbocycles. The quantitative estimate of drug-likeness (QED) is 0.864. The molecule has 0 bridgehead atoms. The molecule has 0 radical (unpaired) electrons. The zero-order chi connectivity index (χ0) is 14.7. The van der Waals surface area contributed by atoms with Crippen LogP contribution in [0.15, 0.2) is 18.2 Å². The van der Waals surface area contributed by atoms with Crippen molar-refractivity contribution >= 4 is 5.97 Å². The fourth-order valence-corrected chi connectivity index (χ4v) is 2.59. The van der Waals surface area contributed by atoms with E-state index in [1.54, 1.807) is 6.92 Å². The van der Waals surface area contributed by atoms with Gasteiger partial charge in [-0.2, -0.15) is 0 Å². The average Bonchev–Trinajstić information content (AvgIpc) is 2.58. The monoisotopic (exact) mass is 278 g/mol. The number of carbonyl (C=O) groups is 1. The van der Waals surface area contributed by atoms with E-state index in [0.29, 0.717) is 31.1 Å². The number of benzene rings is 1. The maximum Gasteiger partial charge on any atom is 0.312 e. The number of carbonyl (C=O) groups excluding carboxylic acids is 1. The Kier molecular flexibility index (Phi) is 4.65. The zero-order valence-corrected chi connectivity index (χ0v) is 12.3. The Morgan fingerprint density at radius 2 is 2.25 bits per heavy atom. The summed E-state index contributed by atoms with van der Waals surface area (Å²) < 4.78 is 10.8. The Morgan fingerprint density at radius 3 is 2.90 bits per heavy atom. The van der Waals surface area contributed by atoms with Crippen molar-refractivity contribution in [3.63, 3.8) is 0 Å². The normalized spacial score (nSPS) is 21.9. The van der Waals surface area contributed by atoms with Crippen molar-refractivity contribution in [2.75, 3.05) is 13.2 Å². The smallest absolute Gasteiger partial charge is 0.312 e. The van der Waals surface area contributed by atoms with Crippen LogP contribution in [0.2, 0.25) is 0 Å². The maximum absolute atomic E-state index is 12.0. The molecule has 20 heavy (non-hydrogen) atoms. The van der Waals surface area contributed by atoms with Crippen molar-refractivity contribution in [1.29, 1.82) is 0 Å². The number of para-hydroxylation sites is 1. The molecule has 1 aromatic rings. The average molecular weight is 278 g/mol. The van der Waals surface area contributed by atoms with Crippen LogP contribution in [0.5, 0.6) is 5.75 Å². The number of fused-ring (bicyclic) bond motifs is 1. The van der Waals surface area contributed by atoms with Gasteiger partial charge in [0, 0.05) is 5.56 Å². The lowest BCUT2D eigenvalue weighted by atomic mass is 9.90. The van der Waals surface area contributed by atoms with Crippen molar-refractivity contribution in [3.05, 3.63) is 29.3 Å². The summed E-state index contributed by atoms with van der Waals surface area (Å²) in [6.07, 6.45) is -0.406. The molecule has 1 aromatic carbocycles. The molecule has 0 spiro atoms. The molecule has 1 aliphatic rings. The Morgan fingerprint density at radius 1 is 1.50 bits per heavy atom. The van der Waals surface area contributed by atoms with Crippen LogP contribution >= 0.6 is 0 Å². The SMILES string of the molecule is CCOC(=O)C1CCOc2c(C(C)C)cccc2C1O. The summed E-state index contributed by atoms with van der Waals surface area (Å²) in [5.74, 6) is 0.114. The fourth-order valence-electron chi connectivity index (χ4n) is 2.59. The van der Waals surface area contributed by atoms with Crippen molar-refractivity contribution in [2.24, 2.45) is 5.92 Å². The van der Waals surface area contributed by atoms with Crippen LogP contribution in [0, 0.1) is 5.92 Å². The minimum absolute atomic E-state index is 0.302. The minimum atomic E-state index is -0.870. The predicted octanol–water partition coefficient (Wildman–Crippen LogP) is 2.81. The van der Waals surface area contributed by atoms with E-state index in [0.717, 1.165) is 11.3 Å². The van der Waals surface area contributed by atoms with Gasteiger partial charge in [-0.25, -0.2) is 0 Å². The van der Waals surface area contributed by atoms with Crippen molar-refractivity contribution in [2.45, 2.75) is 39.2 Å². The molecule has 0 aromatic heterocycles. The van der Waals surface area contributed by atoms with E-state index in [2.05, 4.69) is 13.8 Å². The first-order valence-corrected chi connectivity index (χ1v) is 7.16. The van der Waals surface area contributed by atoms with E-state index in [1.807, 2.05) is 18.2 Å². The van der Waals surface area contributed by atoms with Gasteiger partial charge in [0.25, 0.3) is 0 Å². The van der Waals surface area contributed by atoms with Gasteiger partial charge in [0.15, 0.2) is 0 Å². The van der Waals surface area contributed by atoms with E-state index in [4.69, 9.17) is 9.47 Å². The number of esters is 1. The summed E-state index contributed by atoms with van der Waals surface area (Å²) in [5, 5.41) is 10.5.